The van der Waals surface area contributed by atoms with E-state index >= 15 is 0 Å². The van der Waals surface area contributed by atoms with E-state index in [0.717, 1.165) is 0 Å². The second-order valence-corrected chi connectivity index (χ2v) is 9.00. The average molecular weight is 437 g/mol. The van der Waals surface area contributed by atoms with Crippen molar-refractivity contribution in [3.05, 3.63) is 65.2 Å². The van der Waals surface area contributed by atoms with Crippen molar-refractivity contribution in [2.45, 2.75) is 11.4 Å². The lowest BCUT2D eigenvalue weighted by atomic mass is 10.3. The van der Waals surface area contributed by atoms with Crippen molar-refractivity contribution in [2.75, 3.05) is 26.2 Å². The van der Waals surface area contributed by atoms with Crippen molar-refractivity contribution in [1.82, 2.24) is 29.4 Å². The molecule has 8 nitrogen and oxygen atoms in total. The normalized spacial score (nSPS) is 16.2. The van der Waals surface area contributed by atoms with Gasteiger partial charge in [-0.3, -0.25) is 4.90 Å². The van der Waals surface area contributed by atoms with Crippen LogP contribution in [0.25, 0.3) is 5.69 Å². The van der Waals surface area contributed by atoms with E-state index < -0.39 is 10.0 Å². The summed E-state index contributed by atoms with van der Waals surface area (Å²) in [7, 11) is -3.59. The van der Waals surface area contributed by atoms with Gasteiger partial charge in [0, 0.05) is 31.2 Å². The summed E-state index contributed by atoms with van der Waals surface area (Å²) in [5, 5.41) is 12.0. The first-order chi connectivity index (χ1) is 13.9. The number of sulfonamides is 1. The smallest absolute Gasteiger partial charge is 0.243 e. The van der Waals surface area contributed by atoms with Crippen molar-refractivity contribution in [2.24, 2.45) is 0 Å². The summed E-state index contributed by atoms with van der Waals surface area (Å²) in [5.74, 6) is 0.186. The molecule has 0 saturated carbocycles. The first-order valence-corrected chi connectivity index (χ1v) is 10.8. The van der Waals surface area contributed by atoms with Gasteiger partial charge in [-0.05, 0) is 46.8 Å². The van der Waals surface area contributed by atoms with Gasteiger partial charge in [0.2, 0.25) is 10.0 Å². The Hall–Kier alpha value is -2.40. The summed E-state index contributed by atoms with van der Waals surface area (Å²) in [6.45, 7) is 2.16. The van der Waals surface area contributed by atoms with Crippen LogP contribution in [-0.2, 0) is 16.6 Å². The van der Waals surface area contributed by atoms with Crippen LogP contribution in [0.3, 0.4) is 0 Å². The van der Waals surface area contributed by atoms with Crippen molar-refractivity contribution in [1.29, 1.82) is 0 Å². The average Bonchev–Trinajstić information content (AvgIpc) is 3.16. The Balaban J connectivity index is 1.43. The van der Waals surface area contributed by atoms with Gasteiger partial charge in [0.25, 0.3) is 0 Å². The predicted molar refractivity (Wildman–Crippen MR) is 105 cm³/mol. The van der Waals surface area contributed by atoms with Crippen LogP contribution in [0.4, 0.5) is 4.39 Å². The highest BCUT2D eigenvalue weighted by Gasteiger charge is 2.29. The van der Waals surface area contributed by atoms with E-state index in [4.69, 9.17) is 11.6 Å². The number of hydrogen-bond donors (Lipinski definition) is 0. The van der Waals surface area contributed by atoms with E-state index in [1.807, 2.05) is 0 Å². The maximum absolute atomic E-state index is 13.5. The Morgan fingerprint density at radius 1 is 1.03 bits per heavy atom. The zero-order valence-corrected chi connectivity index (χ0v) is 16.9. The van der Waals surface area contributed by atoms with Crippen LogP contribution in [0.5, 0.6) is 0 Å². The second kappa shape index (κ2) is 8.15. The molecule has 2 heterocycles. The minimum Gasteiger partial charge on any atom is -0.293 e. The van der Waals surface area contributed by atoms with E-state index in [1.165, 1.54) is 27.2 Å². The van der Waals surface area contributed by atoms with Gasteiger partial charge in [-0.25, -0.2) is 12.8 Å². The fraction of sp³-hybridized carbons (Fsp3) is 0.278. The molecule has 0 unspecified atom stereocenters. The molecule has 11 heteroatoms. The van der Waals surface area contributed by atoms with Gasteiger partial charge in [0.15, 0.2) is 5.82 Å². The van der Waals surface area contributed by atoms with Crippen LogP contribution in [0.1, 0.15) is 5.82 Å². The van der Waals surface area contributed by atoms with Gasteiger partial charge in [-0.1, -0.05) is 23.7 Å². The third-order valence-electron chi connectivity index (χ3n) is 4.72. The summed E-state index contributed by atoms with van der Waals surface area (Å²) in [5.41, 5.74) is 0.534. The Bertz CT molecular complexity index is 1110. The van der Waals surface area contributed by atoms with Crippen LogP contribution in [-0.4, -0.2) is 64.0 Å². The first-order valence-electron chi connectivity index (χ1n) is 8.95. The number of nitrogens with zero attached hydrogens (tertiary/aromatic N) is 6. The first kappa shape index (κ1) is 19.9. The molecule has 0 atom stereocenters. The quantitative estimate of drug-likeness (QED) is 0.608. The van der Waals surface area contributed by atoms with Crippen LogP contribution >= 0.6 is 11.6 Å². The van der Waals surface area contributed by atoms with Crippen LogP contribution < -0.4 is 0 Å². The van der Waals surface area contributed by atoms with Gasteiger partial charge in [0.05, 0.1) is 17.1 Å². The Morgan fingerprint density at radius 3 is 2.52 bits per heavy atom. The Kier molecular flexibility index (Phi) is 5.59. The monoisotopic (exact) mass is 436 g/mol. The Morgan fingerprint density at radius 2 is 1.79 bits per heavy atom. The third kappa shape index (κ3) is 4.30. The minimum atomic E-state index is -3.59. The maximum atomic E-state index is 13.5. The molecule has 1 saturated heterocycles. The number of tetrazole rings is 1. The molecule has 1 aliphatic heterocycles. The molecule has 152 valence electrons. The van der Waals surface area contributed by atoms with E-state index in [2.05, 4.69) is 20.4 Å². The van der Waals surface area contributed by atoms with Crippen molar-refractivity contribution in [3.63, 3.8) is 0 Å². The molecular weight excluding hydrogens is 419 g/mol. The van der Waals surface area contributed by atoms with Crippen LogP contribution in [0.15, 0.2) is 53.4 Å². The zero-order chi connectivity index (χ0) is 20.4. The minimum absolute atomic E-state index is 0.188. The number of aromatic nitrogens is 4. The summed E-state index contributed by atoms with van der Waals surface area (Å²) in [4.78, 5) is 2.25. The lowest BCUT2D eigenvalue weighted by Gasteiger charge is -2.33. The topological polar surface area (TPSA) is 84.2 Å². The summed E-state index contributed by atoms with van der Waals surface area (Å²) < 4.78 is 42.1. The molecule has 0 N–H and O–H groups in total. The molecule has 2 aromatic carbocycles. The second-order valence-electron chi connectivity index (χ2n) is 6.62. The standard InChI is InChI=1S/C18H18ClFN6O2S/c19-14-3-1-6-17(11-14)29(27,28)25-9-7-24(8-10-25)13-18-21-22-23-26(18)16-5-2-4-15(20)12-16/h1-6,11-12H,7-10,13H2. The molecule has 0 bridgehead atoms. The molecule has 0 radical (unpaired) electrons. The number of rotatable bonds is 5. The molecule has 4 rings (SSSR count). The highest BCUT2D eigenvalue weighted by atomic mass is 35.5. The summed E-state index contributed by atoms with van der Waals surface area (Å²) >= 11 is 5.93. The molecule has 29 heavy (non-hydrogen) atoms. The van der Waals surface area contributed by atoms with Gasteiger partial charge >= 0.3 is 0 Å². The molecule has 0 spiro atoms. The van der Waals surface area contributed by atoms with E-state index in [-0.39, 0.29) is 10.7 Å². The van der Waals surface area contributed by atoms with Gasteiger partial charge in [-0.15, -0.1) is 5.10 Å². The Labute approximate surface area is 172 Å². The fourth-order valence-corrected chi connectivity index (χ4v) is 4.94. The van der Waals surface area contributed by atoms with E-state index in [0.29, 0.717) is 49.3 Å². The van der Waals surface area contributed by atoms with Gasteiger partial charge in [0.1, 0.15) is 5.82 Å². The van der Waals surface area contributed by atoms with E-state index in [1.54, 1.807) is 30.3 Å². The third-order valence-corrected chi connectivity index (χ3v) is 6.85. The van der Waals surface area contributed by atoms with E-state index in [9.17, 15) is 12.8 Å². The highest BCUT2D eigenvalue weighted by Crippen LogP contribution is 2.21. The largest absolute Gasteiger partial charge is 0.293 e. The van der Waals surface area contributed by atoms with Crippen molar-refractivity contribution < 1.29 is 12.8 Å². The van der Waals surface area contributed by atoms with Gasteiger partial charge in [-0.2, -0.15) is 8.99 Å². The van der Waals surface area contributed by atoms with Crippen LogP contribution in [0, 0.1) is 5.82 Å². The molecule has 1 fully saturated rings. The fourth-order valence-electron chi connectivity index (χ4n) is 3.22. The number of halogens is 2. The number of piperazine rings is 1. The molecule has 1 aromatic heterocycles. The molecule has 3 aromatic rings. The SMILES string of the molecule is O=S(=O)(c1cccc(Cl)c1)N1CCN(Cc2nnnn2-c2cccc(F)c2)CC1. The number of benzene rings is 2. The maximum Gasteiger partial charge on any atom is 0.243 e. The van der Waals surface area contributed by atoms with Gasteiger partial charge < -0.3 is 0 Å². The summed E-state index contributed by atoms with van der Waals surface area (Å²) in [6.07, 6.45) is 0. The molecular formula is C18H18ClFN6O2S. The predicted octanol–water partition coefficient (Wildman–Crippen LogP) is 1.96. The zero-order valence-electron chi connectivity index (χ0n) is 15.3. The lowest BCUT2D eigenvalue weighted by molar-refractivity contribution is 0.177. The lowest BCUT2D eigenvalue weighted by Crippen LogP contribution is -2.48. The van der Waals surface area contributed by atoms with Crippen LogP contribution in [0.2, 0.25) is 5.02 Å². The molecule has 0 amide bonds. The molecule has 1 aliphatic rings. The van der Waals surface area contributed by atoms with Crippen molar-refractivity contribution >= 4 is 21.6 Å². The summed E-state index contributed by atoms with van der Waals surface area (Å²) in [6, 6.07) is 12.3. The van der Waals surface area contributed by atoms with Crippen molar-refractivity contribution in [3.8, 4) is 5.69 Å². The highest BCUT2D eigenvalue weighted by molar-refractivity contribution is 7.89. The molecule has 0 aliphatic carbocycles. The number of hydrogen-bond acceptors (Lipinski definition) is 6.